The zero-order valence-corrected chi connectivity index (χ0v) is 15.7. The third kappa shape index (κ3) is 1.59. The van der Waals surface area contributed by atoms with Crippen LogP contribution in [-0.4, -0.2) is 61.6 Å². The van der Waals surface area contributed by atoms with E-state index in [1.807, 2.05) is 0 Å². The van der Waals surface area contributed by atoms with Crippen LogP contribution in [0.3, 0.4) is 0 Å². The molecular formula is C18H22ClNO6. The summed E-state index contributed by atoms with van der Waals surface area (Å²) < 4.78 is 16.2. The number of ketones is 2. The summed E-state index contributed by atoms with van der Waals surface area (Å²) in [7, 11) is 4.31. The van der Waals surface area contributed by atoms with E-state index in [-0.39, 0.29) is 29.5 Å². The molecule has 142 valence electrons. The third-order valence-corrected chi connectivity index (χ3v) is 7.40. The van der Waals surface area contributed by atoms with E-state index in [1.165, 1.54) is 27.4 Å². The Morgan fingerprint density at radius 2 is 1.96 bits per heavy atom. The van der Waals surface area contributed by atoms with E-state index in [2.05, 4.69) is 5.32 Å². The van der Waals surface area contributed by atoms with Crippen LogP contribution in [0.2, 0.25) is 0 Å². The molecule has 1 spiro atoms. The first kappa shape index (κ1) is 17.8. The van der Waals surface area contributed by atoms with Crippen LogP contribution in [0.25, 0.3) is 0 Å². The molecule has 0 radical (unpaired) electrons. The molecule has 4 aliphatic rings. The van der Waals surface area contributed by atoms with Gasteiger partial charge < -0.3 is 24.6 Å². The molecule has 1 heterocycles. The van der Waals surface area contributed by atoms with Crippen molar-refractivity contribution < 1.29 is 28.9 Å². The molecule has 0 bridgehead atoms. The summed E-state index contributed by atoms with van der Waals surface area (Å²) >= 11 is 6.77. The monoisotopic (exact) mass is 383 g/mol. The molecule has 0 aromatic carbocycles. The first-order chi connectivity index (χ1) is 12.4. The van der Waals surface area contributed by atoms with E-state index >= 15 is 0 Å². The number of nitrogens with one attached hydrogen (secondary N) is 1. The summed E-state index contributed by atoms with van der Waals surface area (Å²) in [5.41, 5.74) is -3.10. The molecule has 4 unspecified atom stereocenters. The number of methoxy groups -OCH3 is 3. The first-order valence-corrected chi connectivity index (χ1v) is 9.03. The second-order valence-corrected chi connectivity index (χ2v) is 7.92. The maximum Gasteiger partial charge on any atom is 0.201 e. The van der Waals surface area contributed by atoms with Crippen molar-refractivity contribution in [3.8, 4) is 0 Å². The first-order valence-electron chi connectivity index (χ1n) is 8.59. The zero-order chi connectivity index (χ0) is 18.9. The van der Waals surface area contributed by atoms with Crippen LogP contribution in [0.15, 0.2) is 23.4 Å². The predicted octanol–water partition coefficient (Wildman–Crippen LogP) is 0.653. The second kappa shape index (κ2) is 5.47. The quantitative estimate of drug-likeness (QED) is 0.691. The van der Waals surface area contributed by atoms with E-state index in [4.69, 9.17) is 25.8 Å². The fraction of sp³-hybridized carbons (Fsp3) is 0.667. The topological polar surface area (TPSA) is 94.1 Å². The highest BCUT2D eigenvalue weighted by atomic mass is 35.5. The Bertz CT molecular complexity index is 763. The van der Waals surface area contributed by atoms with Gasteiger partial charge in [-0.15, -0.1) is 11.6 Å². The Morgan fingerprint density at radius 1 is 1.23 bits per heavy atom. The molecule has 1 aliphatic heterocycles. The van der Waals surface area contributed by atoms with Crippen LogP contribution in [0.5, 0.6) is 0 Å². The summed E-state index contributed by atoms with van der Waals surface area (Å²) in [4.78, 5) is 26.1. The average molecular weight is 384 g/mol. The van der Waals surface area contributed by atoms with Gasteiger partial charge >= 0.3 is 0 Å². The van der Waals surface area contributed by atoms with Gasteiger partial charge in [0.15, 0.2) is 11.5 Å². The van der Waals surface area contributed by atoms with Gasteiger partial charge in [-0.1, -0.05) is 0 Å². The van der Waals surface area contributed by atoms with E-state index < -0.39 is 27.8 Å². The predicted molar refractivity (Wildman–Crippen MR) is 91.2 cm³/mol. The van der Waals surface area contributed by atoms with Crippen LogP contribution in [0, 0.1) is 10.8 Å². The van der Waals surface area contributed by atoms with Crippen LogP contribution >= 0.6 is 11.6 Å². The van der Waals surface area contributed by atoms with E-state index in [0.717, 1.165) is 0 Å². The van der Waals surface area contributed by atoms with Crippen molar-refractivity contribution in [2.45, 2.75) is 36.3 Å². The molecule has 7 nitrogen and oxygen atoms in total. The molecule has 1 saturated heterocycles. The molecule has 1 saturated carbocycles. The van der Waals surface area contributed by atoms with Crippen LogP contribution in [0.4, 0.5) is 0 Å². The number of allylic oxidation sites excluding steroid dienone is 2. The molecule has 2 fully saturated rings. The fourth-order valence-corrected chi connectivity index (χ4v) is 6.70. The number of hydrogen-bond acceptors (Lipinski definition) is 7. The van der Waals surface area contributed by atoms with Gasteiger partial charge in [0, 0.05) is 17.9 Å². The van der Waals surface area contributed by atoms with Crippen molar-refractivity contribution in [3.05, 3.63) is 23.4 Å². The Morgan fingerprint density at radius 3 is 2.54 bits per heavy atom. The SMILES string of the molecule is COC1=CC(=O)C2(C(Cl)CC34NCCC32CC(=O)C(OC)=C4OC)[C@@H]1O. The van der Waals surface area contributed by atoms with Gasteiger partial charge in [-0.05, 0) is 19.4 Å². The number of carbonyl (C=O) groups excluding carboxylic acids is 2. The molecule has 3 aliphatic carbocycles. The van der Waals surface area contributed by atoms with Crippen molar-refractivity contribution in [2.24, 2.45) is 10.8 Å². The molecule has 2 N–H and O–H groups in total. The Balaban J connectivity index is 2.00. The number of hydrogen-bond donors (Lipinski definition) is 2. The average Bonchev–Trinajstić information content (AvgIpc) is 3.16. The van der Waals surface area contributed by atoms with Crippen LogP contribution in [-0.2, 0) is 23.8 Å². The van der Waals surface area contributed by atoms with E-state index in [9.17, 15) is 14.7 Å². The molecule has 0 aromatic heterocycles. The standard InChI is InChI=1S/C18H22ClNO6/c1-24-10-6-12(22)18(14(10)23)11(19)8-17-15(26-3)13(25-2)9(21)7-16(17,18)4-5-20-17/h6,11,14,20,23H,4-5,7-8H2,1-3H3/t11?,14-,16?,17?,18?/m1/s1. The summed E-state index contributed by atoms with van der Waals surface area (Å²) in [6.07, 6.45) is 1.01. The Kier molecular flexibility index (Phi) is 3.75. The van der Waals surface area contributed by atoms with Crippen molar-refractivity contribution in [1.29, 1.82) is 0 Å². The van der Waals surface area contributed by atoms with Crippen LogP contribution < -0.4 is 5.32 Å². The molecular weight excluding hydrogens is 362 g/mol. The molecule has 8 heteroatoms. The maximum absolute atomic E-state index is 13.2. The van der Waals surface area contributed by atoms with Crippen molar-refractivity contribution in [1.82, 2.24) is 5.32 Å². The van der Waals surface area contributed by atoms with Crippen LogP contribution in [0.1, 0.15) is 19.3 Å². The largest absolute Gasteiger partial charge is 0.498 e. The lowest BCUT2D eigenvalue weighted by Crippen LogP contribution is -2.63. The maximum atomic E-state index is 13.2. The van der Waals surface area contributed by atoms with Crippen molar-refractivity contribution in [2.75, 3.05) is 27.9 Å². The highest BCUT2D eigenvalue weighted by Crippen LogP contribution is 2.72. The zero-order valence-electron chi connectivity index (χ0n) is 14.9. The lowest BCUT2D eigenvalue weighted by atomic mass is 9.52. The van der Waals surface area contributed by atoms with Gasteiger partial charge in [-0.2, -0.15) is 0 Å². The van der Waals surface area contributed by atoms with Gasteiger partial charge in [0.25, 0.3) is 0 Å². The number of carbonyl (C=O) groups is 2. The summed E-state index contributed by atoms with van der Waals surface area (Å²) in [5, 5.41) is 13.8. The van der Waals surface area contributed by atoms with E-state index in [0.29, 0.717) is 25.1 Å². The van der Waals surface area contributed by atoms with Gasteiger partial charge in [0.05, 0.1) is 37.7 Å². The lowest BCUT2D eigenvalue weighted by molar-refractivity contribution is -0.146. The van der Waals surface area contributed by atoms with Crippen molar-refractivity contribution in [3.63, 3.8) is 0 Å². The third-order valence-electron chi connectivity index (χ3n) is 6.90. The number of alkyl halides is 1. The normalized spacial score (nSPS) is 44.3. The number of ether oxygens (including phenoxy) is 3. The Hall–Kier alpha value is -1.57. The van der Waals surface area contributed by atoms with Gasteiger partial charge in [0.2, 0.25) is 11.5 Å². The summed E-state index contributed by atoms with van der Waals surface area (Å²) in [6, 6.07) is 0. The lowest BCUT2D eigenvalue weighted by Gasteiger charge is -2.51. The molecule has 4 rings (SSSR count). The van der Waals surface area contributed by atoms with E-state index in [1.54, 1.807) is 0 Å². The minimum absolute atomic E-state index is 0.0485. The van der Waals surface area contributed by atoms with Crippen molar-refractivity contribution >= 4 is 23.2 Å². The number of Topliss-reactive ketones (excluding diaryl/α,β-unsaturated/α-hetero) is 1. The van der Waals surface area contributed by atoms with Gasteiger partial charge in [-0.25, -0.2) is 0 Å². The number of aliphatic hydroxyl groups is 1. The number of halogens is 1. The minimum Gasteiger partial charge on any atom is -0.498 e. The highest BCUT2D eigenvalue weighted by Gasteiger charge is 2.82. The number of rotatable bonds is 3. The summed E-state index contributed by atoms with van der Waals surface area (Å²) in [5.74, 6) is 0.155. The molecule has 5 atom stereocenters. The Labute approximate surface area is 156 Å². The smallest absolute Gasteiger partial charge is 0.201 e. The fourth-order valence-electron chi connectivity index (χ4n) is 6.03. The molecule has 26 heavy (non-hydrogen) atoms. The minimum atomic E-state index is -1.35. The molecule has 0 aromatic rings. The van der Waals surface area contributed by atoms with Gasteiger partial charge in [0.1, 0.15) is 11.9 Å². The van der Waals surface area contributed by atoms with Gasteiger partial charge in [-0.3, -0.25) is 9.59 Å². The molecule has 0 amide bonds. The second-order valence-electron chi connectivity index (χ2n) is 7.39. The number of aliphatic hydroxyl groups excluding tert-OH is 1. The summed E-state index contributed by atoms with van der Waals surface area (Å²) in [6.45, 7) is 0.574. The highest BCUT2D eigenvalue weighted by molar-refractivity contribution is 6.25.